The number of ether oxygens (including phenoxy) is 2. The van der Waals surface area contributed by atoms with Gasteiger partial charge >= 0.3 is 0 Å². The molecular formula is C22H25N3O4. The van der Waals surface area contributed by atoms with Crippen molar-refractivity contribution >= 4 is 11.7 Å². The van der Waals surface area contributed by atoms with Crippen molar-refractivity contribution in [1.29, 1.82) is 0 Å². The summed E-state index contributed by atoms with van der Waals surface area (Å²) in [5.74, 6) is 1.32. The molecule has 152 valence electrons. The van der Waals surface area contributed by atoms with Crippen LogP contribution in [-0.4, -0.2) is 28.9 Å². The van der Waals surface area contributed by atoms with Crippen molar-refractivity contribution in [2.75, 3.05) is 11.9 Å². The number of rotatable bonds is 8. The van der Waals surface area contributed by atoms with E-state index in [0.29, 0.717) is 18.1 Å². The molecule has 0 spiro atoms. The molecule has 7 nitrogen and oxygen atoms in total. The minimum absolute atomic E-state index is 0.244. The van der Waals surface area contributed by atoms with Gasteiger partial charge in [-0.3, -0.25) is 4.79 Å². The fourth-order valence-corrected chi connectivity index (χ4v) is 2.87. The number of anilines is 1. The quantitative estimate of drug-likeness (QED) is 0.602. The summed E-state index contributed by atoms with van der Waals surface area (Å²) in [5, 5.41) is 10.5. The molecule has 0 aliphatic carbocycles. The van der Waals surface area contributed by atoms with E-state index in [-0.39, 0.29) is 11.7 Å². The number of hydrogen-bond donors (Lipinski definition) is 1. The Balaban J connectivity index is 1.68. The highest BCUT2D eigenvalue weighted by molar-refractivity contribution is 5.96. The van der Waals surface area contributed by atoms with Gasteiger partial charge in [0.25, 0.3) is 5.91 Å². The van der Waals surface area contributed by atoms with Crippen LogP contribution in [0.3, 0.4) is 0 Å². The van der Waals surface area contributed by atoms with Crippen LogP contribution in [0.4, 0.5) is 5.82 Å². The summed E-state index contributed by atoms with van der Waals surface area (Å²) in [6.07, 6.45) is 0.221. The lowest BCUT2D eigenvalue weighted by atomic mass is 10.1. The van der Waals surface area contributed by atoms with Gasteiger partial charge in [-0.2, -0.15) is 0 Å². The highest BCUT2D eigenvalue weighted by Crippen LogP contribution is 2.27. The van der Waals surface area contributed by atoms with E-state index in [0.717, 1.165) is 28.9 Å². The van der Waals surface area contributed by atoms with Crippen LogP contribution in [0.2, 0.25) is 0 Å². The maximum absolute atomic E-state index is 12.6. The maximum atomic E-state index is 12.6. The van der Waals surface area contributed by atoms with Crippen molar-refractivity contribution in [2.24, 2.45) is 0 Å². The Morgan fingerprint density at radius 1 is 1.07 bits per heavy atom. The van der Waals surface area contributed by atoms with Crippen LogP contribution in [-0.2, 0) is 4.79 Å². The third-order valence-electron chi connectivity index (χ3n) is 4.21. The normalized spacial score (nSPS) is 11.7. The van der Waals surface area contributed by atoms with E-state index in [4.69, 9.17) is 14.1 Å². The third-order valence-corrected chi connectivity index (χ3v) is 4.21. The molecule has 0 saturated carbocycles. The van der Waals surface area contributed by atoms with E-state index in [1.807, 2.05) is 56.3 Å². The predicted molar refractivity (Wildman–Crippen MR) is 110 cm³/mol. The van der Waals surface area contributed by atoms with E-state index in [2.05, 4.69) is 22.6 Å². The molecule has 1 aromatic heterocycles. The molecule has 0 bridgehead atoms. The van der Waals surface area contributed by atoms with E-state index in [9.17, 15) is 4.79 Å². The predicted octanol–water partition coefficient (Wildman–Crippen LogP) is 4.55. The molecule has 0 saturated heterocycles. The Kier molecular flexibility index (Phi) is 6.49. The molecule has 3 aromatic rings. The van der Waals surface area contributed by atoms with Crippen molar-refractivity contribution in [2.45, 2.75) is 40.2 Å². The minimum Gasteiger partial charge on any atom is -0.494 e. The van der Waals surface area contributed by atoms with Crippen LogP contribution in [0.15, 0.2) is 47.1 Å². The van der Waals surface area contributed by atoms with Crippen molar-refractivity contribution in [3.8, 4) is 22.8 Å². The largest absolute Gasteiger partial charge is 0.494 e. The Hall–Kier alpha value is -3.35. The molecule has 2 aromatic carbocycles. The number of benzene rings is 2. The van der Waals surface area contributed by atoms with Gasteiger partial charge in [-0.1, -0.05) is 13.0 Å². The molecule has 3 rings (SSSR count). The van der Waals surface area contributed by atoms with Gasteiger partial charge in [-0.15, -0.1) is 0 Å². The van der Waals surface area contributed by atoms with E-state index >= 15 is 0 Å². The highest BCUT2D eigenvalue weighted by Gasteiger charge is 2.20. The molecule has 0 radical (unpaired) electrons. The molecule has 1 N–H and O–H groups in total. The second-order valence-electron chi connectivity index (χ2n) is 6.91. The first-order valence-corrected chi connectivity index (χ1v) is 9.58. The SMILES string of the molecule is CCCOc1ccc(-c2nonc2NC(=O)C(C)Oc2cc(C)cc(C)c2)cc1. The first-order chi connectivity index (χ1) is 14.0. The number of amides is 1. The molecule has 0 aliphatic heterocycles. The lowest BCUT2D eigenvalue weighted by Crippen LogP contribution is -2.30. The topological polar surface area (TPSA) is 86.5 Å². The average Bonchev–Trinajstić information content (AvgIpc) is 3.14. The molecule has 1 unspecified atom stereocenters. The van der Waals surface area contributed by atoms with Gasteiger partial charge in [0.1, 0.15) is 11.5 Å². The fourth-order valence-electron chi connectivity index (χ4n) is 2.87. The summed E-state index contributed by atoms with van der Waals surface area (Å²) in [4.78, 5) is 12.6. The number of hydrogen-bond acceptors (Lipinski definition) is 6. The monoisotopic (exact) mass is 395 g/mol. The number of aryl methyl sites for hydroxylation is 2. The molecule has 1 atom stereocenters. The number of carbonyl (C=O) groups is 1. The smallest absolute Gasteiger partial charge is 0.266 e. The first kappa shape index (κ1) is 20.4. The van der Waals surface area contributed by atoms with E-state index in [1.54, 1.807) is 6.92 Å². The Morgan fingerprint density at radius 2 is 1.76 bits per heavy atom. The van der Waals surface area contributed by atoms with Gasteiger partial charge in [0, 0.05) is 5.56 Å². The van der Waals surface area contributed by atoms with E-state index < -0.39 is 6.10 Å². The molecule has 1 heterocycles. The van der Waals surface area contributed by atoms with Crippen LogP contribution in [0.25, 0.3) is 11.3 Å². The van der Waals surface area contributed by atoms with Gasteiger partial charge in [0.2, 0.25) is 5.82 Å². The Labute approximate surface area is 170 Å². The van der Waals surface area contributed by atoms with Crippen LogP contribution < -0.4 is 14.8 Å². The molecular weight excluding hydrogens is 370 g/mol. The Morgan fingerprint density at radius 3 is 2.41 bits per heavy atom. The van der Waals surface area contributed by atoms with Gasteiger partial charge in [-0.25, -0.2) is 4.63 Å². The standard InChI is InChI=1S/C22H25N3O4/c1-5-10-27-18-8-6-17(7-9-18)20-21(25-29-24-20)23-22(26)16(4)28-19-12-14(2)11-15(3)13-19/h6-9,11-13,16H,5,10H2,1-4H3,(H,23,25,26). The first-order valence-electron chi connectivity index (χ1n) is 9.58. The number of aromatic nitrogens is 2. The van der Waals surface area contributed by atoms with Crippen LogP contribution in [0, 0.1) is 13.8 Å². The summed E-state index contributed by atoms with van der Waals surface area (Å²) in [6, 6.07) is 13.2. The van der Waals surface area contributed by atoms with Gasteiger partial charge < -0.3 is 14.8 Å². The molecule has 0 aliphatic rings. The summed E-state index contributed by atoms with van der Waals surface area (Å²) in [7, 11) is 0. The van der Waals surface area contributed by atoms with Crippen molar-refractivity contribution in [1.82, 2.24) is 10.3 Å². The van der Waals surface area contributed by atoms with Gasteiger partial charge in [-0.05, 0) is 85.0 Å². The molecule has 7 heteroatoms. The molecule has 1 amide bonds. The third kappa shape index (κ3) is 5.34. The van der Waals surface area contributed by atoms with Crippen LogP contribution >= 0.6 is 0 Å². The second-order valence-corrected chi connectivity index (χ2v) is 6.91. The lowest BCUT2D eigenvalue weighted by molar-refractivity contribution is -0.122. The van der Waals surface area contributed by atoms with Gasteiger partial charge in [0.15, 0.2) is 11.8 Å². The zero-order valence-corrected chi connectivity index (χ0v) is 17.1. The summed E-state index contributed by atoms with van der Waals surface area (Å²) >= 11 is 0. The van der Waals surface area contributed by atoms with E-state index in [1.165, 1.54) is 0 Å². The average molecular weight is 395 g/mol. The van der Waals surface area contributed by atoms with Crippen LogP contribution in [0.5, 0.6) is 11.5 Å². The maximum Gasteiger partial charge on any atom is 0.266 e. The summed E-state index contributed by atoms with van der Waals surface area (Å²) in [5.41, 5.74) is 3.34. The zero-order chi connectivity index (χ0) is 20.8. The molecule has 29 heavy (non-hydrogen) atoms. The minimum atomic E-state index is -0.717. The number of nitrogens with one attached hydrogen (secondary N) is 1. The number of nitrogens with zero attached hydrogens (tertiary/aromatic N) is 2. The zero-order valence-electron chi connectivity index (χ0n) is 17.1. The second kappa shape index (κ2) is 9.23. The molecule has 0 fully saturated rings. The summed E-state index contributed by atoms with van der Waals surface area (Å²) in [6.45, 7) is 8.35. The Bertz CT molecular complexity index is 946. The lowest BCUT2D eigenvalue weighted by Gasteiger charge is -2.15. The van der Waals surface area contributed by atoms with Crippen molar-refractivity contribution in [3.63, 3.8) is 0 Å². The van der Waals surface area contributed by atoms with Crippen molar-refractivity contribution < 1.29 is 18.9 Å². The summed E-state index contributed by atoms with van der Waals surface area (Å²) < 4.78 is 16.2. The van der Waals surface area contributed by atoms with Crippen molar-refractivity contribution in [3.05, 3.63) is 53.6 Å². The van der Waals surface area contributed by atoms with Crippen LogP contribution in [0.1, 0.15) is 31.4 Å². The fraction of sp³-hybridized carbons (Fsp3) is 0.318. The number of carbonyl (C=O) groups excluding carboxylic acids is 1. The van der Waals surface area contributed by atoms with Gasteiger partial charge in [0.05, 0.1) is 6.61 Å². The highest BCUT2D eigenvalue weighted by atomic mass is 16.6.